The van der Waals surface area contributed by atoms with Gasteiger partial charge in [-0.2, -0.15) is 0 Å². The summed E-state index contributed by atoms with van der Waals surface area (Å²) in [5, 5.41) is 2.96. The average molecular weight is 256 g/mol. The second-order valence-electron chi connectivity index (χ2n) is 5.03. The molecule has 0 spiro atoms. The van der Waals surface area contributed by atoms with Gasteiger partial charge in [-0.25, -0.2) is 0 Å². The number of carbonyl (C=O) groups excluding carboxylic acids is 2. The topological polar surface area (TPSA) is 58.6 Å². The number of hydrogen-bond acceptors (Lipinski definition) is 4. The zero-order valence-corrected chi connectivity index (χ0v) is 11.7. The summed E-state index contributed by atoms with van der Waals surface area (Å²) in [5.41, 5.74) is 0. The smallest absolute Gasteiger partial charge is 0.320 e. The number of nitrogens with one attached hydrogen (secondary N) is 1. The predicted molar refractivity (Wildman–Crippen MR) is 69.1 cm³/mol. The van der Waals surface area contributed by atoms with Crippen LogP contribution in [0.3, 0.4) is 0 Å². The zero-order valence-electron chi connectivity index (χ0n) is 11.7. The number of esters is 1. The molecule has 1 fully saturated rings. The first kappa shape index (κ1) is 15.0. The Morgan fingerprint density at radius 2 is 1.94 bits per heavy atom. The van der Waals surface area contributed by atoms with Crippen LogP contribution in [0.1, 0.15) is 40.5 Å². The molecule has 1 aliphatic carbocycles. The zero-order chi connectivity index (χ0) is 13.7. The van der Waals surface area contributed by atoms with Crippen molar-refractivity contribution >= 4 is 11.9 Å². The number of rotatable bonds is 7. The highest BCUT2D eigenvalue weighted by molar-refractivity contribution is 5.82. The molecule has 0 aromatic heterocycles. The molecule has 0 aromatic carbocycles. The van der Waals surface area contributed by atoms with E-state index in [2.05, 4.69) is 5.32 Å². The van der Waals surface area contributed by atoms with Gasteiger partial charge < -0.3 is 10.1 Å². The normalized spacial score (nSPS) is 16.8. The second-order valence-corrected chi connectivity index (χ2v) is 5.03. The fourth-order valence-electron chi connectivity index (χ4n) is 1.82. The molecule has 0 aliphatic heterocycles. The van der Waals surface area contributed by atoms with Crippen LogP contribution in [0.15, 0.2) is 0 Å². The van der Waals surface area contributed by atoms with Crippen molar-refractivity contribution in [1.29, 1.82) is 0 Å². The van der Waals surface area contributed by atoms with Gasteiger partial charge in [0.1, 0.15) is 0 Å². The lowest BCUT2D eigenvalue weighted by atomic mass is 10.2. The van der Waals surface area contributed by atoms with Gasteiger partial charge in [-0.1, -0.05) is 0 Å². The van der Waals surface area contributed by atoms with Crippen molar-refractivity contribution in [3.8, 4) is 0 Å². The van der Waals surface area contributed by atoms with Gasteiger partial charge in [0.2, 0.25) is 5.91 Å². The Morgan fingerprint density at radius 3 is 2.39 bits per heavy atom. The summed E-state index contributed by atoms with van der Waals surface area (Å²) in [5.74, 6) is -0.284. The standard InChI is InChI=1S/C13H24N2O3/c1-5-18-12(16)8-15(9(2)3)10(4)13(17)14-11-6-7-11/h9-11H,5-8H2,1-4H3,(H,14,17). The van der Waals surface area contributed by atoms with Crippen LogP contribution in [0.4, 0.5) is 0 Å². The maximum absolute atomic E-state index is 12.0. The van der Waals surface area contributed by atoms with Gasteiger partial charge in [0.15, 0.2) is 0 Å². The molecule has 1 unspecified atom stereocenters. The molecule has 1 atom stereocenters. The summed E-state index contributed by atoms with van der Waals surface area (Å²) in [6.07, 6.45) is 2.13. The monoisotopic (exact) mass is 256 g/mol. The molecule has 1 rings (SSSR count). The Morgan fingerprint density at radius 1 is 1.33 bits per heavy atom. The third kappa shape index (κ3) is 4.64. The summed E-state index contributed by atoms with van der Waals surface area (Å²) in [7, 11) is 0. The van der Waals surface area contributed by atoms with Crippen molar-refractivity contribution in [2.75, 3.05) is 13.2 Å². The lowest BCUT2D eigenvalue weighted by molar-refractivity contribution is -0.146. The van der Waals surface area contributed by atoms with Crippen molar-refractivity contribution in [1.82, 2.24) is 10.2 Å². The average Bonchev–Trinajstić information content (AvgIpc) is 3.08. The van der Waals surface area contributed by atoms with Crippen LogP contribution in [0, 0.1) is 0 Å². The first-order valence-electron chi connectivity index (χ1n) is 6.67. The van der Waals surface area contributed by atoms with Gasteiger partial charge in [-0.05, 0) is 40.5 Å². The number of amides is 1. The minimum absolute atomic E-state index is 0.00417. The van der Waals surface area contributed by atoms with Crippen LogP contribution in [0.25, 0.3) is 0 Å². The number of hydrogen-bond donors (Lipinski definition) is 1. The van der Waals surface area contributed by atoms with E-state index in [9.17, 15) is 9.59 Å². The van der Waals surface area contributed by atoms with Crippen LogP contribution in [-0.2, 0) is 14.3 Å². The molecule has 0 saturated heterocycles. The van der Waals surface area contributed by atoms with Crippen molar-refractivity contribution in [3.05, 3.63) is 0 Å². The minimum Gasteiger partial charge on any atom is -0.465 e. The van der Waals surface area contributed by atoms with E-state index in [0.717, 1.165) is 12.8 Å². The third-order valence-corrected chi connectivity index (χ3v) is 3.08. The Hall–Kier alpha value is -1.10. The lowest BCUT2D eigenvalue weighted by Gasteiger charge is -2.30. The van der Waals surface area contributed by atoms with Crippen molar-refractivity contribution in [2.24, 2.45) is 0 Å². The Bertz CT molecular complexity index is 301. The minimum atomic E-state index is -0.310. The molecule has 0 radical (unpaired) electrons. The number of ether oxygens (including phenoxy) is 1. The predicted octanol–water partition coefficient (Wildman–Crippen LogP) is 0.927. The van der Waals surface area contributed by atoms with Gasteiger partial charge in [-0.3, -0.25) is 14.5 Å². The molecule has 0 bridgehead atoms. The molecular weight excluding hydrogens is 232 g/mol. The van der Waals surface area contributed by atoms with Crippen molar-refractivity contribution in [2.45, 2.75) is 58.7 Å². The maximum Gasteiger partial charge on any atom is 0.320 e. The second kappa shape index (κ2) is 6.73. The van der Waals surface area contributed by atoms with E-state index in [4.69, 9.17) is 4.74 Å². The highest BCUT2D eigenvalue weighted by Crippen LogP contribution is 2.19. The first-order valence-corrected chi connectivity index (χ1v) is 6.67. The van der Waals surface area contributed by atoms with Crippen LogP contribution in [0.2, 0.25) is 0 Å². The third-order valence-electron chi connectivity index (χ3n) is 3.08. The SMILES string of the molecule is CCOC(=O)CN(C(C)C)C(C)C(=O)NC1CC1. The molecule has 1 saturated carbocycles. The molecule has 1 aliphatic rings. The molecule has 18 heavy (non-hydrogen) atoms. The summed E-state index contributed by atoms with van der Waals surface area (Å²) >= 11 is 0. The fourth-order valence-corrected chi connectivity index (χ4v) is 1.82. The van der Waals surface area contributed by atoms with Gasteiger partial charge in [0, 0.05) is 12.1 Å². The van der Waals surface area contributed by atoms with Gasteiger partial charge in [0.25, 0.3) is 0 Å². The number of carbonyl (C=O) groups is 2. The van der Waals surface area contributed by atoms with Crippen molar-refractivity contribution in [3.63, 3.8) is 0 Å². The summed E-state index contributed by atoms with van der Waals surface area (Å²) in [6, 6.07) is 0.154. The van der Waals surface area contributed by atoms with Gasteiger partial charge in [0.05, 0.1) is 19.2 Å². The molecule has 5 heteroatoms. The summed E-state index contributed by atoms with van der Waals surface area (Å²) in [6.45, 7) is 8.08. The van der Waals surface area contributed by atoms with Crippen LogP contribution in [0.5, 0.6) is 0 Å². The van der Waals surface area contributed by atoms with E-state index in [0.29, 0.717) is 12.6 Å². The van der Waals surface area contributed by atoms with E-state index in [1.807, 2.05) is 25.7 Å². The van der Waals surface area contributed by atoms with E-state index in [-0.39, 0.29) is 30.5 Å². The molecule has 104 valence electrons. The Balaban J connectivity index is 2.52. The Kier molecular flexibility index (Phi) is 5.59. The molecule has 0 aromatic rings. The first-order chi connectivity index (χ1) is 8.45. The highest BCUT2D eigenvalue weighted by atomic mass is 16.5. The summed E-state index contributed by atoms with van der Waals surface area (Å²) in [4.78, 5) is 25.4. The van der Waals surface area contributed by atoms with Crippen molar-refractivity contribution < 1.29 is 14.3 Å². The van der Waals surface area contributed by atoms with E-state index in [1.165, 1.54) is 0 Å². The molecule has 1 amide bonds. The van der Waals surface area contributed by atoms with Gasteiger partial charge in [-0.15, -0.1) is 0 Å². The maximum atomic E-state index is 12.0. The van der Waals surface area contributed by atoms with E-state index in [1.54, 1.807) is 6.92 Å². The summed E-state index contributed by atoms with van der Waals surface area (Å²) < 4.78 is 4.93. The van der Waals surface area contributed by atoms with E-state index < -0.39 is 0 Å². The largest absolute Gasteiger partial charge is 0.465 e. The molecule has 1 N–H and O–H groups in total. The molecule has 5 nitrogen and oxygen atoms in total. The Labute approximate surface area is 109 Å². The quantitative estimate of drug-likeness (QED) is 0.688. The van der Waals surface area contributed by atoms with Crippen LogP contribution < -0.4 is 5.32 Å². The lowest BCUT2D eigenvalue weighted by Crippen LogP contribution is -2.50. The number of nitrogens with zero attached hydrogens (tertiary/aromatic N) is 1. The highest BCUT2D eigenvalue weighted by Gasteiger charge is 2.30. The molecular formula is C13H24N2O3. The van der Waals surface area contributed by atoms with Crippen LogP contribution in [-0.4, -0.2) is 48.1 Å². The fraction of sp³-hybridized carbons (Fsp3) is 0.846. The molecule has 0 heterocycles. The van der Waals surface area contributed by atoms with E-state index >= 15 is 0 Å². The van der Waals surface area contributed by atoms with Crippen LogP contribution >= 0.6 is 0 Å². The van der Waals surface area contributed by atoms with Gasteiger partial charge >= 0.3 is 5.97 Å².